The van der Waals surface area contributed by atoms with E-state index in [2.05, 4.69) is 32.6 Å². The Morgan fingerprint density at radius 2 is 1.78 bits per heavy atom. The normalized spacial score (nSPS) is 11.2. The smallest absolute Gasteiger partial charge is 0.142 e. The molecule has 0 aliphatic carbocycles. The third-order valence-corrected chi connectivity index (χ3v) is 4.35. The van der Waals surface area contributed by atoms with Crippen LogP contribution in [0.3, 0.4) is 0 Å². The van der Waals surface area contributed by atoms with Gasteiger partial charge in [0.25, 0.3) is 0 Å². The Balaban J connectivity index is 1.94. The summed E-state index contributed by atoms with van der Waals surface area (Å²) in [6, 6.07) is 16.3. The van der Waals surface area contributed by atoms with Gasteiger partial charge in [-0.3, -0.25) is 0 Å². The van der Waals surface area contributed by atoms with Gasteiger partial charge in [-0.25, -0.2) is 4.98 Å². The molecule has 0 bridgehead atoms. The van der Waals surface area contributed by atoms with Crippen molar-refractivity contribution in [2.75, 3.05) is 26.9 Å². The van der Waals surface area contributed by atoms with Gasteiger partial charge in [0.1, 0.15) is 5.82 Å². The average Bonchev–Trinajstić information content (AvgIpc) is 2.94. The SMILES string of the molecule is COCCOCCn1c(-c2ccccc2Br)nc2ccccc21. The number of fused-ring (bicyclic) bond motifs is 1. The number of nitrogens with zero attached hydrogens (tertiary/aromatic N) is 2. The highest BCUT2D eigenvalue weighted by Gasteiger charge is 2.14. The number of rotatable bonds is 7. The van der Waals surface area contributed by atoms with E-state index < -0.39 is 0 Å². The third-order valence-electron chi connectivity index (χ3n) is 3.66. The zero-order chi connectivity index (χ0) is 16.1. The molecule has 3 rings (SSSR count). The Hall–Kier alpha value is -1.69. The van der Waals surface area contributed by atoms with E-state index in [4.69, 9.17) is 14.5 Å². The van der Waals surface area contributed by atoms with E-state index in [9.17, 15) is 0 Å². The van der Waals surface area contributed by atoms with Crippen LogP contribution < -0.4 is 0 Å². The molecule has 0 aliphatic heterocycles. The van der Waals surface area contributed by atoms with Crippen LogP contribution in [0.15, 0.2) is 53.0 Å². The van der Waals surface area contributed by atoms with Crippen molar-refractivity contribution in [3.8, 4) is 11.4 Å². The van der Waals surface area contributed by atoms with Crippen molar-refractivity contribution < 1.29 is 9.47 Å². The number of hydrogen-bond donors (Lipinski definition) is 0. The van der Waals surface area contributed by atoms with Gasteiger partial charge >= 0.3 is 0 Å². The minimum atomic E-state index is 0.605. The molecule has 0 saturated heterocycles. The molecule has 0 N–H and O–H groups in total. The van der Waals surface area contributed by atoms with Gasteiger partial charge in [0.15, 0.2) is 0 Å². The molecule has 0 saturated carbocycles. The predicted octanol–water partition coefficient (Wildman–Crippen LogP) is 4.13. The van der Waals surface area contributed by atoms with Gasteiger partial charge < -0.3 is 14.0 Å². The molecule has 0 radical (unpaired) electrons. The summed E-state index contributed by atoms with van der Waals surface area (Å²) in [4.78, 5) is 4.81. The maximum absolute atomic E-state index is 5.63. The molecular weight excluding hydrogens is 356 g/mol. The Morgan fingerprint density at radius 1 is 1.00 bits per heavy atom. The number of ether oxygens (including phenoxy) is 2. The van der Waals surface area contributed by atoms with E-state index in [0.717, 1.165) is 33.4 Å². The molecule has 0 amide bonds. The topological polar surface area (TPSA) is 36.3 Å². The van der Waals surface area contributed by atoms with Gasteiger partial charge in [0.2, 0.25) is 0 Å². The monoisotopic (exact) mass is 374 g/mol. The summed E-state index contributed by atoms with van der Waals surface area (Å²) in [7, 11) is 1.68. The van der Waals surface area contributed by atoms with E-state index in [0.29, 0.717) is 19.8 Å². The number of methoxy groups -OCH3 is 1. The van der Waals surface area contributed by atoms with Crippen LogP contribution in [0, 0.1) is 0 Å². The molecule has 120 valence electrons. The third kappa shape index (κ3) is 3.63. The largest absolute Gasteiger partial charge is 0.382 e. The zero-order valence-electron chi connectivity index (χ0n) is 13.0. The van der Waals surface area contributed by atoms with Crippen LogP contribution in [0.2, 0.25) is 0 Å². The van der Waals surface area contributed by atoms with Gasteiger partial charge in [-0.1, -0.05) is 46.3 Å². The van der Waals surface area contributed by atoms with Crippen molar-refractivity contribution >= 4 is 27.0 Å². The van der Waals surface area contributed by atoms with Gasteiger partial charge in [0, 0.05) is 23.7 Å². The van der Waals surface area contributed by atoms with Crippen molar-refractivity contribution in [1.29, 1.82) is 0 Å². The van der Waals surface area contributed by atoms with Gasteiger partial charge in [-0.2, -0.15) is 0 Å². The van der Waals surface area contributed by atoms with E-state index in [1.54, 1.807) is 7.11 Å². The molecule has 0 aliphatic rings. The van der Waals surface area contributed by atoms with Crippen molar-refractivity contribution in [2.45, 2.75) is 6.54 Å². The Labute approximate surface area is 144 Å². The quantitative estimate of drug-likeness (QED) is 0.583. The molecule has 2 aromatic carbocycles. The molecule has 23 heavy (non-hydrogen) atoms. The van der Waals surface area contributed by atoms with Crippen LogP contribution in [0.4, 0.5) is 0 Å². The summed E-state index contributed by atoms with van der Waals surface area (Å²) in [5, 5.41) is 0. The summed E-state index contributed by atoms with van der Waals surface area (Å²) in [6.45, 7) is 2.59. The molecular formula is C18H19BrN2O2. The molecule has 4 nitrogen and oxygen atoms in total. The molecule has 5 heteroatoms. The number of para-hydroxylation sites is 2. The van der Waals surface area contributed by atoms with Crippen molar-refractivity contribution in [3.05, 3.63) is 53.0 Å². The molecule has 1 heterocycles. The van der Waals surface area contributed by atoms with Crippen molar-refractivity contribution in [3.63, 3.8) is 0 Å². The fraction of sp³-hybridized carbons (Fsp3) is 0.278. The Morgan fingerprint density at radius 3 is 2.61 bits per heavy atom. The summed E-state index contributed by atoms with van der Waals surface area (Å²) in [6.07, 6.45) is 0. The molecule has 0 fully saturated rings. The van der Waals surface area contributed by atoms with Crippen LogP contribution in [-0.2, 0) is 16.0 Å². The standard InChI is InChI=1S/C18H19BrN2O2/c1-22-12-13-23-11-10-21-17-9-5-4-8-16(17)20-18(21)14-6-2-3-7-15(14)19/h2-9H,10-13H2,1H3. The lowest BCUT2D eigenvalue weighted by molar-refractivity contribution is 0.0671. The molecule has 3 aromatic rings. The van der Waals surface area contributed by atoms with Gasteiger partial charge in [-0.05, 0) is 18.2 Å². The molecule has 1 aromatic heterocycles. The summed E-state index contributed by atoms with van der Waals surface area (Å²) >= 11 is 3.63. The highest BCUT2D eigenvalue weighted by molar-refractivity contribution is 9.10. The predicted molar refractivity (Wildman–Crippen MR) is 95.6 cm³/mol. The van der Waals surface area contributed by atoms with E-state index >= 15 is 0 Å². The first-order chi connectivity index (χ1) is 11.3. The van der Waals surface area contributed by atoms with Crippen LogP contribution in [0.1, 0.15) is 0 Å². The fourth-order valence-electron chi connectivity index (χ4n) is 2.55. The van der Waals surface area contributed by atoms with E-state index in [-0.39, 0.29) is 0 Å². The minimum Gasteiger partial charge on any atom is -0.382 e. The van der Waals surface area contributed by atoms with Crippen LogP contribution in [0.25, 0.3) is 22.4 Å². The second-order valence-electron chi connectivity index (χ2n) is 5.16. The number of imidazole rings is 1. The zero-order valence-corrected chi connectivity index (χ0v) is 14.6. The summed E-state index contributed by atoms with van der Waals surface area (Å²) < 4.78 is 13.9. The first kappa shape index (κ1) is 16.2. The first-order valence-corrected chi connectivity index (χ1v) is 8.37. The maximum Gasteiger partial charge on any atom is 0.142 e. The lowest BCUT2D eigenvalue weighted by atomic mass is 10.2. The highest BCUT2D eigenvalue weighted by Crippen LogP contribution is 2.30. The average molecular weight is 375 g/mol. The van der Waals surface area contributed by atoms with Crippen molar-refractivity contribution in [1.82, 2.24) is 9.55 Å². The number of hydrogen-bond acceptors (Lipinski definition) is 3. The minimum absolute atomic E-state index is 0.605. The second kappa shape index (κ2) is 7.73. The van der Waals surface area contributed by atoms with Crippen LogP contribution in [-0.4, -0.2) is 36.5 Å². The first-order valence-electron chi connectivity index (χ1n) is 7.58. The number of aromatic nitrogens is 2. The lowest BCUT2D eigenvalue weighted by Crippen LogP contribution is -2.10. The molecule has 0 spiro atoms. The summed E-state index contributed by atoms with van der Waals surface area (Å²) in [5.74, 6) is 0.953. The maximum atomic E-state index is 5.63. The van der Waals surface area contributed by atoms with Gasteiger partial charge in [0.05, 0.1) is 30.9 Å². The Bertz CT molecular complexity index is 786. The molecule has 0 unspecified atom stereocenters. The number of benzene rings is 2. The number of halogens is 1. The van der Waals surface area contributed by atoms with Crippen LogP contribution in [0.5, 0.6) is 0 Å². The second-order valence-corrected chi connectivity index (χ2v) is 6.02. The Kier molecular flexibility index (Phi) is 5.43. The molecule has 0 atom stereocenters. The fourth-order valence-corrected chi connectivity index (χ4v) is 3.01. The highest BCUT2D eigenvalue weighted by atomic mass is 79.9. The lowest BCUT2D eigenvalue weighted by Gasteiger charge is -2.11. The summed E-state index contributed by atoms with van der Waals surface area (Å²) in [5.41, 5.74) is 3.20. The van der Waals surface area contributed by atoms with E-state index in [1.165, 1.54) is 0 Å². The van der Waals surface area contributed by atoms with Crippen molar-refractivity contribution in [2.24, 2.45) is 0 Å². The van der Waals surface area contributed by atoms with Gasteiger partial charge in [-0.15, -0.1) is 0 Å². The van der Waals surface area contributed by atoms with Crippen LogP contribution >= 0.6 is 15.9 Å². The van der Waals surface area contributed by atoms with E-state index in [1.807, 2.05) is 36.4 Å².